The molecule has 26 heavy (non-hydrogen) atoms. The summed E-state index contributed by atoms with van der Waals surface area (Å²) in [5, 5.41) is 6.23. The molecule has 0 heterocycles. The van der Waals surface area contributed by atoms with Crippen molar-refractivity contribution in [3.05, 3.63) is 58.1 Å². The molecule has 0 aliphatic rings. The van der Waals surface area contributed by atoms with Crippen molar-refractivity contribution < 1.29 is 13.2 Å². The van der Waals surface area contributed by atoms with E-state index >= 15 is 0 Å². The van der Waals surface area contributed by atoms with Crippen molar-refractivity contribution in [3.8, 4) is 0 Å². The van der Waals surface area contributed by atoms with Crippen LogP contribution in [0.5, 0.6) is 0 Å². The van der Waals surface area contributed by atoms with E-state index in [0.717, 1.165) is 9.87 Å². The van der Waals surface area contributed by atoms with Crippen molar-refractivity contribution in [1.82, 2.24) is 9.62 Å². The molecular formula is C17H19Cl2N3O3S. The van der Waals surface area contributed by atoms with E-state index in [4.69, 9.17) is 23.2 Å². The van der Waals surface area contributed by atoms with Gasteiger partial charge in [0.25, 0.3) is 0 Å². The number of anilines is 1. The lowest BCUT2D eigenvalue weighted by Gasteiger charge is -2.16. The van der Waals surface area contributed by atoms with E-state index in [-0.39, 0.29) is 10.9 Å². The molecule has 9 heteroatoms. The van der Waals surface area contributed by atoms with Gasteiger partial charge in [-0.05, 0) is 42.8 Å². The SMILES string of the molecule is C[C@@H](NC(=O)Nc1cccc(S(=O)(=O)N(C)C)c1)c1ccc(Cl)c(Cl)c1. The van der Waals surface area contributed by atoms with E-state index in [0.29, 0.717) is 15.7 Å². The highest BCUT2D eigenvalue weighted by Crippen LogP contribution is 2.25. The summed E-state index contributed by atoms with van der Waals surface area (Å²) in [5.74, 6) is 0. The zero-order valence-corrected chi connectivity index (χ0v) is 16.8. The molecule has 2 rings (SSSR count). The lowest BCUT2D eigenvalue weighted by molar-refractivity contribution is 0.249. The molecule has 0 aliphatic heterocycles. The molecule has 6 nitrogen and oxygen atoms in total. The second-order valence-electron chi connectivity index (χ2n) is 5.81. The van der Waals surface area contributed by atoms with Gasteiger partial charge in [0.1, 0.15) is 0 Å². The third-order valence-corrected chi connectivity index (χ3v) is 6.21. The Hall–Kier alpha value is -1.80. The first-order valence-electron chi connectivity index (χ1n) is 7.66. The highest BCUT2D eigenvalue weighted by molar-refractivity contribution is 7.89. The monoisotopic (exact) mass is 415 g/mol. The molecule has 1 atom stereocenters. The molecule has 2 aromatic carbocycles. The molecule has 2 amide bonds. The number of nitrogens with zero attached hydrogens (tertiary/aromatic N) is 1. The van der Waals surface area contributed by atoms with Gasteiger partial charge in [-0.3, -0.25) is 0 Å². The minimum absolute atomic E-state index is 0.0952. The van der Waals surface area contributed by atoms with Crippen LogP contribution in [0, 0.1) is 0 Å². The Labute approximate surface area is 163 Å². The van der Waals surface area contributed by atoms with Crippen LogP contribution in [0.2, 0.25) is 10.0 Å². The van der Waals surface area contributed by atoms with Gasteiger partial charge in [-0.15, -0.1) is 0 Å². The number of hydrogen-bond donors (Lipinski definition) is 2. The fraction of sp³-hybridized carbons (Fsp3) is 0.235. The van der Waals surface area contributed by atoms with Crippen molar-refractivity contribution in [2.75, 3.05) is 19.4 Å². The Morgan fingerprint density at radius 1 is 1.08 bits per heavy atom. The first kappa shape index (κ1) is 20.5. The van der Waals surface area contributed by atoms with Crippen molar-refractivity contribution in [1.29, 1.82) is 0 Å². The number of amides is 2. The number of benzene rings is 2. The summed E-state index contributed by atoms with van der Waals surface area (Å²) < 4.78 is 25.4. The standard InChI is InChI=1S/C17H19Cl2N3O3S/c1-11(12-7-8-15(18)16(19)9-12)20-17(23)21-13-5-4-6-14(10-13)26(24,25)22(2)3/h4-11H,1-3H3,(H2,20,21,23)/t11-/m1/s1. The van der Waals surface area contributed by atoms with Gasteiger partial charge in [0.2, 0.25) is 10.0 Å². The normalized spacial score (nSPS) is 12.7. The second-order valence-corrected chi connectivity index (χ2v) is 8.78. The third-order valence-electron chi connectivity index (χ3n) is 3.66. The summed E-state index contributed by atoms with van der Waals surface area (Å²) in [6, 6.07) is 10.4. The van der Waals surface area contributed by atoms with Crippen LogP contribution in [0.1, 0.15) is 18.5 Å². The molecule has 0 bridgehead atoms. The van der Waals surface area contributed by atoms with Crippen molar-refractivity contribution in [2.45, 2.75) is 17.9 Å². The van der Waals surface area contributed by atoms with Crippen LogP contribution in [-0.2, 0) is 10.0 Å². The highest BCUT2D eigenvalue weighted by Gasteiger charge is 2.18. The molecule has 2 aromatic rings. The van der Waals surface area contributed by atoms with E-state index in [1.807, 2.05) is 0 Å². The smallest absolute Gasteiger partial charge is 0.319 e. The van der Waals surface area contributed by atoms with Gasteiger partial charge in [-0.25, -0.2) is 17.5 Å². The van der Waals surface area contributed by atoms with Crippen LogP contribution in [-0.4, -0.2) is 32.8 Å². The summed E-state index contributed by atoms with van der Waals surface area (Å²) in [7, 11) is -0.685. The second kappa shape index (κ2) is 8.26. The molecule has 0 aliphatic carbocycles. The molecular weight excluding hydrogens is 397 g/mol. The number of urea groups is 1. The Morgan fingerprint density at radius 2 is 1.77 bits per heavy atom. The maximum Gasteiger partial charge on any atom is 0.319 e. The Bertz CT molecular complexity index is 917. The quantitative estimate of drug-likeness (QED) is 0.770. The van der Waals surface area contributed by atoms with Gasteiger partial charge < -0.3 is 10.6 Å². The average molecular weight is 416 g/mol. The predicted molar refractivity (Wildman–Crippen MR) is 104 cm³/mol. The number of nitrogens with one attached hydrogen (secondary N) is 2. The minimum Gasteiger partial charge on any atom is -0.331 e. The number of hydrogen-bond acceptors (Lipinski definition) is 3. The molecule has 0 spiro atoms. The van der Waals surface area contributed by atoms with E-state index in [1.165, 1.54) is 26.2 Å². The molecule has 0 unspecified atom stereocenters. The van der Waals surface area contributed by atoms with Gasteiger partial charge in [0.05, 0.1) is 21.0 Å². The number of sulfonamides is 1. The molecule has 0 fully saturated rings. The summed E-state index contributed by atoms with van der Waals surface area (Å²) in [4.78, 5) is 12.3. The average Bonchev–Trinajstić information content (AvgIpc) is 2.57. The van der Waals surface area contributed by atoms with Crippen LogP contribution >= 0.6 is 23.2 Å². The fourth-order valence-corrected chi connectivity index (χ4v) is 3.43. The minimum atomic E-state index is -3.58. The van der Waals surface area contributed by atoms with Crippen molar-refractivity contribution in [2.24, 2.45) is 0 Å². The molecule has 0 aromatic heterocycles. The molecule has 0 saturated heterocycles. The molecule has 2 N–H and O–H groups in total. The topological polar surface area (TPSA) is 78.5 Å². The summed E-state index contributed by atoms with van der Waals surface area (Å²) in [6.45, 7) is 1.80. The van der Waals surface area contributed by atoms with Gasteiger partial charge in [-0.2, -0.15) is 0 Å². The molecule has 0 saturated carbocycles. The lowest BCUT2D eigenvalue weighted by Crippen LogP contribution is -2.31. The van der Waals surface area contributed by atoms with Crippen LogP contribution in [0.4, 0.5) is 10.5 Å². The van der Waals surface area contributed by atoms with Crippen LogP contribution < -0.4 is 10.6 Å². The van der Waals surface area contributed by atoms with Gasteiger partial charge in [-0.1, -0.05) is 35.3 Å². The van der Waals surface area contributed by atoms with Gasteiger partial charge >= 0.3 is 6.03 Å². The first-order chi connectivity index (χ1) is 12.1. The lowest BCUT2D eigenvalue weighted by atomic mass is 10.1. The van der Waals surface area contributed by atoms with E-state index in [1.54, 1.807) is 37.3 Å². The maximum absolute atomic E-state index is 12.2. The summed E-state index contributed by atoms with van der Waals surface area (Å²) in [5.41, 5.74) is 1.16. The Morgan fingerprint density at radius 3 is 2.38 bits per heavy atom. The van der Waals surface area contributed by atoms with E-state index in [2.05, 4.69) is 10.6 Å². The number of rotatable bonds is 5. The fourth-order valence-electron chi connectivity index (χ4n) is 2.17. The predicted octanol–water partition coefficient (Wildman–Crippen LogP) is 4.13. The van der Waals surface area contributed by atoms with E-state index in [9.17, 15) is 13.2 Å². The van der Waals surface area contributed by atoms with Crippen LogP contribution in [0.15, 0.2) is 47.4 Å². The molecule has 140 valence electrons. The summed E-state index contributed by atoms with van der Waals surface area (Å²) in [6.07, 6.45) is 0. The zero-order valence-electron chi connectivity index (χ0n) is 14.5. The van der Waals surface area contributed by atoms with Crippen LogP contribution in [0.3, 0.4) is 0 Å². The zero-order chi connectivity index (χ0) is 19.5. The van der Waals surface area contributed by atoms with Crippen molar-refractivity contribution >= 4 is 44.9 Å². The third kappa shape index (κ3) is 4.88. The Kier molecular flexibility index (Phi) is 6.52. The van der Waals surface area contributed by atoms with Gasteiger partial charge in [0, 0.05) is 19.8 Å². The molecule has 0 radical (unpaired) electrons. The summed E-state index contributed by atoms with van der Waals surface area (Å²) >= 11 is 11.9. The van der Waals surface area contributed by atoms with Crippen molar-refractivity contribution in [3.63, 3.8) is 0 Å². The van der Waals surface area contributed by atoms with Crippen LogP contribution in [0.25, 0.3) is 0 Å². The number of halogens is 2. The highest BCUT2D eigenvalue weighted by atomic mass is 35.5. The largest absolute Gasteiger partial charge is 0.331 e. The number of carbonyl (C=O) groups is 1. The maximum atomic E-state index is 12.2. The van der Waals surface area contributed by atoms with Gasteiger partial charge in [0.15, 0.2) is 0 Å². The Balaban J connectivity index is 2.09. The number of carbonyl (C=O) groups excluding carboxylic acids is 1. The first-order valence-corrected chi connectivity index (χ1v) is 9.86. The van der Waals surface area contributed by atoms with E-state index < -0.39 is 16.1 Å².